The fourth-order valence-electron chi connectivity index (χ4n) is 2.10. The van der Waals surface area contributed by atoms with Gasteiger partial charge in [-0.25, -0.2) is 0 Å². The maximum atomic E-state index is 9.34. The SMILES string of the molecule is O/N=C\c1cc(-c2ccc(O)cc2)c2occc2c1. The summed E-state index contributed by atoms with van der Waals surface area (Å²) in [6.45, 7) is 0. The standard InChI is InChI=1S/C15H11NO3/c17-13-3-1-11(2-4-13)14-8-10(9-16-18)7-12-5-6-19-15(12)14/h1-9,17-18H/b16-9-. The zero-order chi connectivity index (χ0) is 13.2. The molecule has 0 saturated carbocycles. The number of aromatic hydroxyl groups is 1. The lowest BCUT2D eigenvalue weighted by Gasteiger charge is -2.05. The lowest BCUT2D eigenvalue weighted by molar-refractivity contribution is 0.322. The van der Waals surface area contributed by atoms with Crippen molar-refractivity contribution in [2.45, 2.75) is 0 Å². The average Bonchev–Trinajstić information content (AvgIpc) is 2.87. The number of furan rings is 1. The molecule has 94 valence electrons. The number of phenols is 1. The molecule has 3 aromatic rings. The van der Waals surface area contributed by atoms with E-state index in [1.165, 1.54) is 6.21 Å². The number of nitrogens with zero attached hydrogens (tertiary/aromatic N) is 1. The highest BCUT2D eigenvalue weighted by molar-refractivity contribution is 5.97. The quantitative estimate of drug-likeness (QED) is 0.416. The predicted octanol–water partition coefficient (Wildman–Crippen LogP) is 3.61. The van der Waals surface area contributed by atoms with Crippen molar-refractivity contribution >= 4 is 17.2 Å². The molecule has 4 nitrogen and oxygen atoms in total. The first kappa shape index (κ1) is 11.3. The molecule has 0 saturated heterocycles. The Kier molecular flexibility index (Phi) is 2.68. The molecule has 3 rings (SSSR count). The maximum absolute atomic E-state index is 9.34. The fraction of sp³-hybridized carbons (Fsp3) is 0. The summed E-state index contributed by atoms with van der Waals surface area (Å²) in [6.07, 6.45) is 2.99. The van der Waals surface area contributed by atoms with Gasteiger partial charge in [-0.1, -0.05) is 17.3 Å². The van der Waals surface area contributed by atoms with Crippen LogP contribution in [0.15, 0.2) is 58.3 Å². The lowest BCUT2D eigenvalue weighted by Crippen LogP contribution is -1.85. The lowest BCUT2D eigenvalue weighted by atomic mass is 10.0. The van der Waals surface area contributed by atoms with Gasteiger partial charge in [-0.05, 0) is 41.5 Å². The highest BCUT2D eigenvalue weighted by Gasteiger charge is 2.09. The number of oxime groups is 1. The summed E-state index contributed by atoms with van der Waals surface area (Å²) >= 11 is 0. The first-order valence-electron chi connectivity index (χ1n) is 5.76. The number of phenolic OH excluding ortho intramolecular Hbond substituents is 1. The largest absolute Gasteiger partial charge is 0.508 e. The van der Waals surface area contributed by atoms with Crippen LogP contribution in [0, 0.1) is 0 Å². The number of fused-ring (bicyclic) bond motifs is 1. The minimum absolute atomic E-state index is 0.215. The Labute approximate surface area is 109 Å². The Balaban J connectivity index is 2.25. The van der Waals surface area contributed by atoms with E-state index in [2.05, 4.69) is 5.16 Å². The van der Waals surface area contributed by atoms with Gasteiger partial charge in [0.1, 0.15) is 11.3 Å². The van der Waals surface area contributed by atoms with Crippen LogP contribution < -0.4 is 0 Å². The van der Waals surface area contributed by atoms with Crippen LogP contribution in [0.4, 0.5) is 0 Å². The van der Waals surface area contributed by atoms with Gasteiger partial charge in [-0.15, -0.1) is 0 Å². The van der Waals surface area contributed by atoms with Crippen molar-refractivity contribution in [3.63, 3.8) is 0 Å². The zero-order valence-electron chi connectivity index (χ0n) is 9.95. The van der Waals surface area contributed by atoms with E-state index in [4.69, 9.17) is 9.62 Å². The zero-order valence-corrected chi connectivity index (χ0v) is 9.95. The third-order valence-electron chi connectivity index (χ3n) is 2.96. The number of rotatable bonds is 2. The van der Waals surface area contributed by atoms with Gasteiger partial charge in [0.25, 0.3) is 0 Å². The fourth-order valence-corrected chi connectivity index (χ4v) is 2.10. The Hall–Kier alpha value is -2.75. The Morgan fingerprint density at radius 2 is 1.84 bits per heavy atom. The maximum Gasteiger partial charge on any atom is 0.141 e. The summed E-state index contributed by atoms with van der Waals surface area (Å²) in [7, 11) is 0. The molecule has 4 heteroatoms. The van der Waals surface area contributed by atoms with Gasteiger partial charge < -0.3 is 14.7 Å². The molecule has 0 amide bonds. The van der Waals surface area contributed by atoms with Crippen LogP contribution in [0.2, 0.25) is 0 Å². The normalized spacial score (nSPS) is 11.4. The van der Waals surface area contributed by atoms with E-state index in [1.54, 1.807) is 18.4 Å². The summed E-state index contributed by atoms with van der Waals surface area (Å²) < 4.78 is 5.50. The molecule has 0 radical (unpaired) electrons. The second kappa shape index (κ2) is 4.49. The molecule has 0 aliphatic rings. The predicted molar refractivity (Wildman–Crippen MR) is 72.7 cm³/mol. The van der Waals surface area contributed by atoms with Crippen LogP contribution in [-0.4, -0.2) is 16.5 Å². The third-order valence-corrected chi connectivity index (χ3v) is 2.96. The van der Waals surface area contributed by atoms with E-state index in [0.717, 1.165) is 27.7 Å². The van der Waals surface area contributed by atoms with Crippen LogP contribution in [0.3, 0.4) is 0 Å². The molecule has 2 aromatic carbocycles. The molecule has 0 aliphatic heterocycles. The Morgan fingerprint density at radius 3 is 2.58 bits per heavy atom. The first-order chi connectivity index (χ1) is 9.28. The molecule has 19 heavy (non-hydrogen) atoms. The monoisotopic (exact) mass is 253 g/mol. The smallest absolute Gasteiger partial charge is 0.141 e. The van der Waals surface area contributed by atoms with Crippen LogP contribution in [0.25, 0.3) is 22.1 Å². The van der Waals surface area contributed by atoms with Crippen LogP contribution >= 0.6 is 0 Å². The van der Waals surface area contributed by atoms with E-state index < -0.39 is 0 Å². The van der Waals surface area contributed by atoms with E-state index in [-0.39, 0.29) is 5.75 Å². The Morgan fingerprint density at radius 1 is 1.05 bits per heavy atom. The molecule has 0 bridgehead atoms. The van der Waals surface area contributed by atoms with Gasteiger partial charge >= 0.3 is 0 Å². The van der Waals surface area contributed by atoms with Gasteiger partial charge in [0.2, 0.25) is 0 Å². The van der Waals surface area contributed by atoms with E-state index >= 15 is 0 Å². The van der Waals surface area contributed by atoms with Crippen molar-refractivity contribution in [3.05, 3.63) is 54.3 Å². The van der Waals surface area contributed by atoms with E-state index in [0.29, 0.717) is 0 Å². The number of benzene rings is 2. The second-order valence-electron chi connectivity index (χ2n) is 4.20. The highest BCUT2D eigenvalue weighted by atomic mass is 16.4. The molecule has 0 fully saturated rings. The topological polar surface area (TPSA) is 66.0 Å². The van der Waals surface area contributed by atoms with E-state index in [1.807, 2.05) is 30.3 Å². The minimum Gasteiger partial charge on any atom is -0.508 e. The molecule has 2 N–H and O–H groups in total. The Bertz CT molecular complexity index is 742. The second-order valence-corrected chi connectivity index (χ2v) is 4.20. The van der Waals surface area contributed by atoms with Crippen LogP contribution in [0.1, 0.15) is 5.56 Å². The third kappa shape index (κ3) is 2.04. The number of hydrogen-bond donors (Lipinski definition) is 2. The molecule has 1 aromatic heterocycles. The summed E-state index contributed by atoms with van der Waals surface area (Å²) in [4.78, 5) is 0. The molecule has 0 aliphatic carbocycles. The molecule has 1 heterocycles. The number of hydrogen-bond acceptors (Lipinski definition) is 4. The summed E-state index contributed by atoms with van der Waals surface area (Å²) in [5.74, 6) is 0.215. The first-order valence-corrected chi connectivity index (χ1v) is 5.76. The van der Waals surface area contributed by atoms with Crippen LogP contribution in [0.5, 0.6) is 5.75 Å². The van der Waals surface area contributed by atoms with Crippen molar-refractivity contribution < 1.29 is 14.7 Å². The summed E-state index contributed by atoms with van der Waals surface area (Å²) in [5.41, 5.74) is 3.35. The van der Waals surface area contributed by atoms with Gasteiger partial charge in [-0.3, -0.25) is 0 Å². The van der Waals surface area contributed by atoms with Gasteiger partial charge in [0.15, 0.2) is 0 Å². The highest BCUT2D eigenvalue weighted by Crippen LogP contribution is 2.31. The van der Waals surface area contributed by atoms with Gasteiger partial charge in [0, 0.05) is 10.9 Å². The van der Waals surface area contributed by atoms with E-state index in [9.17, 15) is 5.11 Å². The molecular formula is C15H11NO3. The van der Waals surface area contributed by atoms with Crippen LogP contribution in [-0.2, 0) is 0 Å². The average molecular weight is 253 g/mol. The molecule has 0 unspecified atom stereocenters. The van der Waals surface area contributed by atoms with Crippen molar-refractivity contribution in [1.82, 2.24) is 0 Å². The van der Waals surface area contributed by atoms with Crippen molar-refractivity contribution in [2.75, 3.05) is 0 Å². The summed E-state index contributed by atoms with van der Waals surface area (Å²) in [6, 6.07) is 12.5. The molecular weight excluding hydrogens is 242 g/mol. The van der Waals surface area contributed by atoms with Gasteiger partial charge in [0.05, 0.1) is 12.5 Å². The minimum atomic E-state index is 0.215. The molecule has 0 atom stereocenters. The van der Waals surface area contributed by atoms with Crippen molar-refractivity contribution in [1.29, 1.82) is 0 Å². The molecule has 0 spiro atoms. The summed E-state index contributed by atoms with van der Waals surface area (Å²) in [5, 5.41) is 22.0. The van der Waals surface area contributed by atoms with Crippen molar-refractivity contribution in [2.24, 2.45) is 5.16 Å². The van der Waals surface area contributed by atoms with Crippen molar-refractivity contribution in [3.8, 4) is 16.9 Å². The van der Waals surface area contributed by atoms with Gasteiger partial charge in [-0.2, -0.15) is 0 Å².